The van der Waals surface area contributed by atoms with Gasteiger partial charge in [-0.2, -0.15) is 5.10 Å². The summed E-state index contributed by atoms with van der Waals surface area (Å²) in [6, 6.07) is 7.20. The number of carbonyl (C=O) groups is 1. The van der Waals surface area contributed by atoms with E-state index in [0.29, 0.717) is 6.54 Å². The van der Waals surface area contributed by atoms with Crippen LogP contribution in [0.4, 0.5) is 0 Å². The van der Waals surface area contributed by atoms with E-state index < -0.39 is 16.0 Å². The number of thiophene rings is 2. The van der Waals surface area contributed by atoms with Crippen LogP contribution in [0.5, 0.6) is 0 Å². The lowest BCUT2D eigenvalue weighted by Gasteiger charge is -2.07. The lowest BCUT2D eigenvalue weighted by Crippen LogP contribution is -2.28. The molecule has 0 spiro atoms. The molecule has 3 aromatic heterocycles. The summed E-state index contributed by atoms with van der Waals surface area (Å²) >= 11 is 2.62. The van der Waals surface area contributed by atoms with Crippen molar-refractivity contribution in [1.82, 2.24) is 14.5 Å². The summed E-state index contributed by atoms with van der Waals surface area (Å²) in [7, 11) is -2.57. The van der Waals surface area contributed by atoms with Crippen molar-refractivity contribution in [2.24, 2.45) is 0 Å². The van der Waals surface area contributed by atoms with Crippen LogP contribution in [0, 0.1) is 0 Å². The van der Waals surface area contributed by atoms with Gasteiger partial charge in [0.15, 0.2) is 0 Å². The molecule has 0 unspecified atom stereocenters. The van der Waals surface area contributed by atoms with E-state index in [1.54, 1.807) is 27.6 Å². The van der Waals surface area contributed by atoms with Gasteiger partial charge in [-0.3, -0.25) is 4.68 Å². The maximum absolute atomic E-state index is 12.4. The van der Waals surface area contributed by atoms with Gasteiger partial charge < -0.3 is 4.74 Å². The van der Waals surface area contributed by atoms with E-state index in [1.165, 1.54) is 13.2 Å². The number of ether oxygens (including phenoxy) is 1. The molecular weight excluding hydrogens is 382 g/mol. The Morgan fingerprint density at radius 3 is 2.84 bits per heavy atom. The van der Waals surface area contributed by atoms with Gasteiger partial charge in [0.05, 0.1) is 18.5 Å². The summed E-state index contributed by atoms with van der Waals surface area (Å²) in [5, 5.41) is 7.93. The average molecular weight is 398 g/mol. The molecule has 132 valence electrons. The third-order valence-corrected chi connectivity index (χ3v) is 6.76. The molecule has 0 fully saturated rings. The van der Waals surface area contributed by atoms with Crippen LogP contribution in [0.1, 0.15) is 9.67 Å². The number of hydrogen-bond donors (Lipinski definition) is 1. The van der Waals surface area contributed by atoms with Crippen molar-refractivity contribution in [3.8, 4) is 10.6 Å². The highest BCUT2D eigenvalue weighted by Gasteiger charge is 2.24. The molecule has 0 aliphatic heterocycles. The van der Waals surface area contributed by atoms with E-state index in [-0.39, 0.29) is 16.3 Å². The first-order chi connectivity index (χ1) is 12.0. The molecule has 25 heavy (non-hydrogen) atoms. The normalized spacial score (nSPS) is 11.6. The van der Waals surface area contributed by atoms with Gasteiger partial charge in [0.1, 0.15) is 15.5 Å². The summed E-state index contributed by atoms with van der Waals surface area (Å²) < 4.78 is 33.5. The minimum atomic E-state index is -3.79. The number of rotatable bonds is 7. The molecule has 3 rings (SSSR count). The largest absolute Gasteiger partial charge is 0.465 e. The van der Waals surface area contributed by atoms with E-state index in [0.717, 1.165) is 21.9 Å². The van der Waals surface area contributed by atoms with Crippen LogP contribution >= 0.6 is 22.7 Å². The molecule has 0 amide bonds. The number of sulfonamides is 1. The fraction of sp³-hybridized carbons (Fsp3) is 0.200. The second kappa shape index (κ2) is 7.48. The molecular formula is C15H15N3O4S3. The second-order valence-electron chi connectivity index (χ2n) is 4.94. The average Bonchev–Trinajstić information content (AvgIpc) is 3.32. The lowest BCUT2D eigenvalue weighted by molar-refractivity contribution is 0.0602. The van der Waals surface area contributed by atoms with Crippen LogP contribution in [0.15, 0.2) is 46.1 Å². The Labute approximate surface area is 152 Å². The smallest absolute Gasteiger partial charge is 0.349 e. The van der Waals surface area contributed by atoms with Gasteiger partial charge >= 0.3 is 5.97 Å². The molecule has 0 atom stereocenters. The molecule has 0 saturated heterocycles. The third kappa shape index (κ3) is 3.98. The molecule has 0 saturated carbocycles. The van der Waals surface area contributed by atoms with Crippen molar-refractivity contribution in [3.63, 3.8) is 0 Å². The Kier molecular flexibility index (Phi) is 5.33. The predicted octanol–water partition coefficient (Wildman–Crippen LogP) is 2.44. The maximum atomic E-state index is 12.4. The summed E-state index contributed by atoms with van der Waals surface area (Å²) in [6.45, 7) is 0.534. The zero-order valence-electron chi connectivity index (χ0n) is 13.2. The fourth-order valence-electron chi connectivity index (χ4n) is 2.16. The zero-order chi connectivity index (χ0) is 17.9. The highest BCUT2D eigenvalue weighted by atomic mass is 32.2. The number of esters is 1. The summed E-state index contributed by atoms with van der Waals surface area (Å²) in [5.74, 6) is -0.664. The first-order valence-corrected chi connectivity index (χ1v) is 10.5. The number of carbonyl (C=O) groups excluding carboxylic acids is 1. The minimum absolute atomic E-state index is 0.0640. The molecule has 3 aromatic rings. The Hall–Kier alpha value is -2.01. The van der Waals surface area contributed by atoms with E-state index in [1.807, 2.05) is 23.6 Å². The molecule has 3 heterocycles. The second-order valence-corrected chi connectivity index (χ2v) is 8.54. The third-order valence-electron chi connectivity index (χ3n) is 3.34. The Bertz CT molecular complexity index is 958. The van der Waals surface area contributed by atoms with Crippen molar-refractivity contribution >= 4 is 38.7 Å². The number of methoxy groups -OCH3 is 1. The maximum Gasteiger partial charge on any atom is 0.349 e. The number of nitrogens with one attached hydrogen (secondary N) is 1. The Morgan fingerprint density at radius 1 is 1.28 bits per heavy atom. The van der Waals surface area contributed by atoms with Crippen LogP contribution in [0.2, 0.25) is 0 Å². The minimum Gasteiger partial charge on any atom is -0.465 e. The highest BCUT2D eigenvalue weighted by molar-refractivity contribution is 7.89. The zero-order valence-corrected chi connectivity index (χ0v) is 15.7. The number of nitrogens with zero attached hydrogens (tertiary/aromatic N) is 2. The van der Waals surface area contributed by atoms with Crippen LogP contribution in [-0.4, -0.2) is 37.8 Å². The van der Waals surface area contributed by atoms with Crippen molar-refractivity contribution in [1.29, 1.82) is 0 Å². The van der Waals surface area contributed by atoms with Gasteiger partial charge in [-0.1, -0.05) is 6.07 Å². The molecule has 0 aliphatic carbocycles. The van der Waals surface area contributed by atoms with Gasteiger partial charge in [0, 0.05) is 12.7 Å². The molecule has 0 bridgehead atoms. The lowest BCUT2D eigenvalue weighted by atomic mass is 10.3. The predicted molar refractivity (Wildman–Crippen MR) is 96.4 cm³/mol. The molecule has 0 aliphatic rings. The van der Waals surface area contributed by atoms with E-state index in [2.05, 4.69) is 14.6 Å². The molecule has 0 aromatic carbocycles. The van der Waals surface area contributed by atoms with E-state index >= 15 is 0 Å². The SMILES string of the molecule is COC(=O)c1sccc1S(=O)(=O)NCCn1ccc(-c2cccs2)n1. The Morgan fingerprint density at radius 2 is 2.12 bits per heavy atom. The fourth-order valence-corrected chi connectivity index (χ4v) is 5.21. The van der Waals surface area contributed by atoms with Gasteiger partial charge in [0.25, 0.3) is 0 Å². The Balaban J connectivity index is 1.64. The molecule has 0 radical (unpaired) electrons. The van der Waals surface area contributed by atoms with Gasteiger partial charge in [-0.25, -0.2) is 17.9 Å². The summed E-state index contributed by atoms with van der Waals surface area (Å²) in [5.41, 5.74) is 0.851. The van der Waals surface area contributed by atoms with Crippen molar-refractivity contribution < 1.29 is 17.9 Å². The van der Waals surface area contributed by atoms with Crippen molar-refractivity contribution in [2.45, 2.75) is 11.4 Å². The van der Waals surface area contributed by atoms with Crippen LogP contribution in [-0.2, 0) is 21.3 Å². The summed E-state index contributed by atoms with van der Waals surface area (Å²) in [6.07, 6.45) is 1.80. The molecule has 7 nitrogen and oxygen atoms in total. The van der Waals surface area contributed by atoms with E-state index in [9.17, 15) is 13.2 Å². The number of aromatic nitrogens is 2. The molecule has 10 heteroatoms. The monoisotopic (exact) mass is 397 g/mol. The highest BCUT2D eigenvalue weighted by Crippen LogP contribution is 2.23. The first kappa shape index (κ1) is 17.8. The van der Waals surface area contributed by atoms with Crippen molar-refractivity contribution in [2.75, 3.05) is 13.7 Å². The van der Waals surface area contributed by atoms with Crippen molar-refractivity contribution in [3.05, 3.63) is 46.1 Å². The quantitative estimate of drug-likeness (QED) is 0.619. The molecule has 1 N–H and O–H groups in total. The van der Waals surface area contributed by atoms with E-state index in [4.69, 9.17) is 0 Å². The first-order valence-electron chi connectivity index (χ1n) is 7.24. The van der Waals surface area contributed by atoms with Gasteiger partial charge in [0.2, 0.25) is 10.0 Å². The topological polar surface area (TPSA) is 90.3 Å². The summed E-state index contributed by atoms with van der Waals surface area (Å²) in [4.78, 5) is 12.7. The van der Waals surface area contributed by atoms with Crippen LogP contribution in [0.25, 0.3) is 10.6 Å². The van der Waals surface area contributed by atoms with Gasteiger partial charge in [-0.05, 0) is 29.0 Å². The number of hydrogen-bond acceptors (Lipinski definition) is 7. The van der Waals surface area contributed by atoms with Crippen LogP contribution < -0.4 is 4.72 Å². The van der Waals surface area contributed by atoms with Crippen LogP contribution in [0.3, 0.4) is 0 Å². The van der Waals surface area contributed by atoms with Gasteiger partial charge in [-0.15, -0.1) is 22.7 Å². The standard InChI is InChI=1S/C15H15N3O4S3/c1-22-15(19)14-13(5-10-24-14)25(20,21)16-6-8-18-7-4-11(17-18)12-3-2-9-23-12/h2-5,7,9-10,16H,6,8H2,1H3.